The van der Waals surface area contributed by atoms with E-state index in [9.17, 15) is 4.79 Å². The summed E-state index contributed by atoms with van der Waals surface area (Å²) in [4.78, 5) is 15.9. The van der Waals surface area contributed by atoms with E-state index < -0.39 is 5.60 Å². The molecule has 0 unspecified atom stereocenters. The van der Waals surface area contributed by atoms with Gasteiger partial charge >= 0.3 is 5.97 Å². The van der Waals surface area contributed by atoms with E-state index in [0.29, 0.717) is 11.3 Å². The zero-order chi connectivity index (χ0) is 13.1. The fourth-order valence-corrected chi connectivity index (χ4v) is 1.28. The average molecular weight is 231 g/mol. The Morgan fingerprint density at radius 3 is 2.47 bits per heavy atom. The van der Waals surface area contributed by atoms with E-state index in [2.05, 4.69) is 18.1 Å². The average Bonchev–Trinajstić information content (AvgIpc) is 2.25. The maximum Gasteiger partial charge on any atom is 0.340 e. The molecule has 1 aromatic rings. The first-order valence-corrected chi connectivity index (χ1v) is 5.35. The van der Waals surface area contributed by atoms with Crippen LogP contribution in [0.1, 0.15) is 42.4 Å². The molecule has 1 aromatic heterocycles. The zero-order valence-corrected chi connectivity index (χ0v) is 10.5. The molecule has 0 aliphatic rings. The summed E-state index contributed by atoms with van der Waals surface area (Å²) >= 11 is 0. The van der Waals surface area contributed by atoms with Crippen LogP contribution in [0.15, 0.2) is 25.4 Å². The van der Waals surface area contributed by atoms with Crippen LogP contribution < -0.4 is 0 Å². The first kappa shape index (κ1) is 13.2. The second-order valence-electron chi connectivity index (χ2n) is 4.61. The Labute approximate surface area is 102 Å². The van der Waals surface area contributed by atoms with E-state index in [1.165, 1.54) is 6.20 Å². The van der Waals surface area contributed by atoms with Crippen molar-refractivity contribution in [1.29, 1.82) is 0 Å². The number of carbonyl (C=O) groups excluding carboxylic acids is 1. The van der Waals surface area contributed by atoms with Crippen molar-refractivity contribution >= 4 is 18.1 Å². The minimum Gasteiger partial charge on any atom is -0.456 e. The van der Waals surface area contributed by atoms with Gasteiger partial charge in [0.1, 0.15) is 5.60 Å². The summed E-state index contributed by atoms with van der Waals surface area (Å²) in [5, 5.41) is 0. The third-order valence-electron chi connectivity index (χ3n) is 2.00. The molecule has 0 aromatic carbocycles. The molecule has 0 bridgehead atoms. The smallest absolute Gasteiger partial charge is 0.340 e. The molecule has 0 atom stereocenters. The van der Waals surface area contributed by atoms with Crippen molar-refractivity contribution in [3.63, 3.8) is 0 Å². The molecule has 1 rings (SSSR count). The number of esters is 1. The van der Waals surface area contributed by atoms with Crippen LogP contribution in [0.5, 0.6) is 0 Å². The van der Waals surface area contributed by atoms with Crippen molar-refractivity contribution in [2.75, 3.05) is 0 Å². The van der Waals surface area contributed by atoms with Crippen LogP contribution in [-0.2, 0) is 4.74 Å². The minimum atomic E-state index is -0.511. The van der Waals surface area contributed by atoms with Gasteiger partial charge in [0, 0.05) is 11.8 Å². The molecule has 0 saturated carbocycles. The van der Waals surface area contributed by atoms with Crippen LogP contribution >= 0.6 is 0 Å². The first-order chi connectivity index (χ1) is 7.87. The standard InChI is InChI=1S/C14H17NO2/c1-6-10-8-11(9-15-12(10)7-2)13(16)17-14(3,4)5/h6-9H,1-2H2,3-5H3. The fourth-order valence-electron chi connectivity index (χ4n) is 1.28. The zero-order valence-electron chi connectivity index (χ0n) is 10.5. The van der Waals surface area contributed by atoms with Crippen LogP contribution in [0.25, 0.3) is 12.2 Å². The number of nitrogens with zero attached hydrogens (tertiary/aromatic N) is 1. The molecule has 3 nitrogen and oxygen atoms in total. The molecule has 0 radical (unpaired) electrons. The van der Waals surface area contributed by atoms with Crippen molar-refractivity contribution in [3.8, 4) is 0 Å². The van der Waals surface area contributed by atoms with Crippen molar-refractivity contribution in [3.05, 3.63) is 42.2 Å². The molecular weight excluding hydrogens is 214 g/mol. The maximum atomic E-state index is 11.8. The Morgan fingerprint density at radius 1 is 1.35 bits per heavy atom. The Kier molecular flexibility index (Phi) is 3.84. The normalized spacial score (nSPS) is 10.8. The molecular formula is C14H17NO2. The number of hydrogen-bond acceptors (Lipinski definition) is 3. The molecule has 0 saturated heterocycles. The summed E-state index contributed by atoms with van der Waals surface area (Å²) in [6, 6.07) is 1.70. The number of carbonyl (C=O) groups is 1. The maximum absolute atomic E-state index is 11.8. The van der Waals surface area contributed by atoms with Gasteiger partial charge in [-0.15, -0.1) is 0 Å². The molecule has 1 heterocycles. The molecule has 90 valence electrons. The summed E-state index contributed by atoms with van der Waals surface area (Å²) in [6.07, 6.45) is 4.74. The van der Waals surface area contributed by atoms with E-state index in [0.717, 1.165) is 5.56 Å². The molecule has 3 heteroatoms. The quantitative estimate of drug-likeness (QED) is 0.749. The lowest BCUT2D eigenvalue weighted by molar-refractivity contribution is 0.00690. The SMILES string of the molecule is C=Cc1cc(C(=O)OC(C)(C)C)cnc1C=C. The number of ether oxygens (including phenoxy) is 1. The predicted octanol–water partition coefficient (Wildman–Crippen LogP) is 3.32. The number of hydrogen-bond donors (Lipinski definition) is 0. The number of aromatic nitrogens is 1. The fraction of sp³-hybridized carbons (Fsp3) is 0.286. The van der Waals surface area contributed by atoms with Crippen molar-refractivity contribution in [2.45, 2.75) is 26.4 Å². The second kappa shape index (κ2) is 4.95. The highest BCUT2D eigenvalue weighted by molar-refractivity contribution is 5.90. The highest BCUT2D eigenvalue weighted by atomic mass is 16.6. The van der Waals surface area contributed by atoms with Gasteiger partial charge in [-0.25, -0.2) is 4.79 Å². The topological polar surface area (TPSA) is 39.2 Å². The minimum absolute atomic E-state index is 0.385. The van der Waals surface area contributed by atoms with Crippen LogP contribution in [0.3, 0.4) is 0 Å². The van der Waals surface area contributed by atoms with Gasteiger partial charge < -0.3 is 4.74 Å². The second-order valence-corrected chi connectivity index (χ2v) is 4.61. The van der Waals surface area contributed by atoms with Gasteiger partial charge in [0.05, 0.1) is 11.3 Å². The summed E-state index contributed by atoms with van der Waals surface area (Å²) in [7, 11) is 0. The first-order valence-electron chi connectivity index (χ1n) is 5.35. The van der Waals surface area contributed by atoms with E-state index in [1.807, 2.05) is 20.8 Å². The van der Waals surface area contributed by atoms with Crippen molar-refractivity contribution in [2.24, 2.45) is 0 Å². The Morgan fingerprint density at radius 2 is 2.00 bits per heavy atom. The summed E-state index contributed by atoms with van der Waals surface area (Å²) in [6.45, 7) is 12.8. The summed E-state index contributed by atoms with van der Waals surface area (Å²) in [5.74, 6) is -0.385. The molecule has 0 spiro atoms. The van der Waals surface area contributed by atoms with Gasteiger partial charge in [-0.3, -0.25) is 4.98 Å². The van der Waals surface area contributed by atoms with Gasteiger partial charge in [0.15, 0.2) is 0 Å². The monoisotopic (exact) mass is 231 g/mol. The predicted molar refractivity (Wildman–Crippen MR) is 69.6 cm³/mol. The molecule has 0 aliphatic heterocycles. The molecule has 0 N–H and O–H groups in total. The summed E-state index contributed by atoms with van der Waals surface area (Å²) < 4.78 is 5.26. The van der Waals surface area contributed by atoms with Gasteiger partial charge in [-0.05, 0) is 32.9 Å². The van der Waals surface area contributed by atoms with Gasteiger partial charge in [0.2, 0.25) is 0 Å². The number of pyridine rings is 1. The highest BCUT2D eigenvalue weighted by Crippen LogP contribution is 2.15. The lowest BCUT2D eigenvalue weighted by Gasteiger charge is -2.19. The molecule has 0 amide bonds. The van der Waals surface area contributed by atoms with Gasteiger partial charge in [-0.2, -0.15) is 0 Å². The molecule has 0 fully saturated rings. The van der Waals surface area contributed by atoms with Gasteiger partial charge in [-0.1, -0.05) is 19.2 Å². The van der Waals surface area contributed by atoms with Crippen molar-refractivity contribution < 1.29 is 9.53 Å². The van der Waals surface area contributed by atoms with Crippen LogP contribution in [-0.4, -0.2) is 16.6 Å². The highest BCUT2D eigenvalue weighted by Gasteiger charge is 2.18. The summed E-state index contributed by atoms with van der Waals surface area (Å²) in [5.41, 5.74) is 1.37. The van der Waals surface area contributed by atoms with Crippen LogP contribution in [0.2, 0.25) is 0 Å². The Hall–Kier alpha value is -1.90. The van der Waals surface area contributed by atoms with Crippen molar-refractivity contribution in [1.82, 2.24) is 4.98 Å². The molecule has 0 aliphatic carbocycles. The van der Waals surface area contributed by atoms with E-state index in [-0.39, 0.29) is 5.97 Å². The third kappa shape index (κ3) is 3.55. The van der Waals surface area contributed by atoms with E-state index >= 15 is 0 Å². The Bertz CT molecular complexity index is 456. The largest absolute Gasteiger partial charge is 0.456 e. The lowest BCUT2D eigenvalue weighted by atomic mass is 10.1. The van der Waals surface area contributed by atoms with E-state index in [1.54, 1.807) is 18.2 Å². The van der Waals surface area contributed by atoms with Crippen LogP contribution in [0.4, 0.5) is 0 Å². The Balaban J connectivity index is 3.04. The molecule has 17 heavy (non-hydrogen) atoms. The van der Waals surface area contributed by atoms with Gasteiger partial charge in [0.25, 0.3) is 0 Å². The van der Waals surface area contributed by atoms with E-state index in [4.69, 9.17) is 4.74 Å². The number of rotatable bonds is 3. The third-order valence-corrected chi connectivity index (χ3v) is 2.00. The lowest BCUT2D eigenvalue weighted by Crippen LogP contribution is -2.24. The van der Waals surface area contributed by atoms with Crippen LogP contribution in [0, 0.1) is 0 Å².